The molecule has 218 valence electrons. The number of likely N-dealkylation sites (tertiary alicyclic amines) is 1. The largest absolute Gasteiger partial charge is 0.462 e. The second-order valence-electron chi connectivity index (χ2n) is 12.1. The van der Waals surface area contributed by atoms with Crippen molar-refractivity contribution in [2.75, 3.05) is 56.2 Å². The van der Waals surface area contributed by atoms with Crippen molar-refractivity contribution in [1.29, 1.82) is 5.26 Å². The Bertz CT molecular complexity index is 1320. The topological polar surface area (TPSA) is 71.8 Å². The van der Waals surface area contributed by atoms with Crippen molar-refractivity contribution in [1.82, 2.24) is 19.8 Å². The van der Waals surface area contributed by atoms with Crippen molar-refractivity contribution < 1.29 is 9.13 Å². The second kappa shape index (κ2) is 12.2. The molecule has 0 radical (unpaired) electrons. The predicted octanol–water partition coefficient (Wildman–Crippen LogP) is 4.63. The number of likely N-dealkylation sites (N-methyl/N-ethyl adjacent to an activating group) is 1. The molecule has 2 saturated heterocycles. The summed E-state index contributed by atoms with van der Waals surface area (Å²) in [4.78, 5) is 19.1. The maximum Gasteiger partial charge on any atom is 0.318 e. The van der Waals surface area contributed by atoms with Crippen LogP contribution in [0, 0.1) is 11.3 Å². The number of aryl methyl sites for hydroxylation is 1. The highest BCUT2D eigenvalue weighted by atomic mass is 19.1. The van der Waals surface area contributed by atoms with Crippen molar-refractivity contribution in [3.8, 4) is 12.1 Å². The highest BCUT2D eigenvalue weighted by Gasteiger charge is 2.32. The Balaban J connectivity index is 1.31. The van der Waals surface area contributed by atoms with Gasteiger partial charge >= 0.3 is 6.01 Å². The van der Waals surface area contributed by atoms with Gasteiger partial charge in [0, 0.05) is 49.7 Å². The number of benzene rings is 1. The van der Waals surface area contributed by atoms with Gasteiger partial charge < -0.3 is 24.3 Å². The summed E-state index contributed by atoms with van der Waals surface area (Å²) >= 11 is 0. The standard InChI is InChI=1S/C32H42FN7O/c1-23(33)19-38-17-18-40(20-25(38)12-14-34)31-28-13-16-39(30-11-5-8-24-7-3-4-10-27(24)30)21-29(28)35-32(36-31)41-22-26-9-6-15-37(26)2/h5,8,11,19,25-26H,3-4,6-7,9-10,12-13,15-18,20-22H2,1-2H3/t25-,26-/m0/s1. The van der Waals surface area contributed by atoms with E-state index in [1.165, 1.54) is 55.0 Å². The fourth-order valence-electron chi connectivity index (χ4n) is 7.09. The van der Waals surface area contributed by atoms with Crippen LogP contribution in [0.2, 0.25) is 0 Å². The highest BCUT2D eigenvalue weighted by Crippen LogP contribution is 2.36. The molecule has 3 aliphatic heterocycles. The van der Waals surface area contributed by atoms with Gasteiger partial charge in [-0.3, -0.25) is 0 Å². The van der Waals surface area contributed by atoms with Gasteiger partial charge in [-0.2, -0.15) is 15.2 Å². The molecular formula is C32H42FN7O. The average molecular weight is 560 g/mol. The lowest BCUT2D eigenvalue weighted by molar-refractivity contribution is 0.187. The van der Waals surface area contributed by atoms with Crippen molar-refractivity contribution in [3.05, 3.63) is 52.6 Å². The van der Waals surface area contributed by atoms with E-state index in [4.69, 9.17) is 14.7 Å². The normalized spacial score (nSPS) is 23.3. The minimum atomic E-state index is -0.239. The molecule has 0 N–H and O–H groups in total. The van der Waals surface area contributed by atoms with Crippen molar-refractivity contribution in [2.24, 2.45) is 0 Å². The number of nitriles is 1. The smallest absolute Gasteiger partial charge is 0.318 e. The second-order valence-corrected chi connectivity index (χ2v) is 12.1. The minimum Gasteiger partial charge on any atom is -0.462 e. The van der Waals surface area contributed by atoms with Gasteiger partial charge in [0.1, 0.15) is 18.3 Å². The number of anilines is 2. The molecule has 8 nitrogen and oxygen atoms in total. The molecule has 4 heterocycles. The molecule has 2 atom stereocenters. The SMILES string of the molecule is CC(F)=CN1CCN(c2nc(OC[C@@H]3CCCN3C)nc3c2CCN(c2cccc4c2CCCC4)C3)C[C@@H]1CC#N. The van der Waals surface area contributed by atoms with Crippen LogP contribution in [0.5, 0.6) is 6.01 Å². The van der Waals surface area contributed by atoms with Gasteiger partial charge in [-0.1, -0.05) is 12.1 Å². The summed E-state index contributed by atoms with van der Waals surface area (Å²) in [5, 5.41) is 9.52. The summed E-state index contributed by atoms with van der Waals surface area (Å²) in [5.41, 5.74) is 6.55. The van der Waals surface area contributed by atoms with Crippen LogP contribution in [-0.4, -0.2) is 78.2 Å². The van der Waals surface area contributed by atoms with Crippen molar-refractivity contribution >= 4 is 11.5 Å². The summed E-state index contributed by atoms with van der Waals surface area (Å²) in [6.45, 7) is 6.73. The van der Waals surface area contributed by atoms with E-state index in [9.17, 15) is 9.65 Å². The van der Waals surface area contributed by atoms with E-state index in [0.717, 1.165) is 50.4 Å². The summed E-state index contributed by atoms with van der Waals surface area (Å²) in [6.07, 6.45) is 9.87. The number of rotatable bonds is 7. The molecule has 0 bridgehead atoms. The predicted molar refractivity (Wildman–Crippen MR) is 159 cm³/mol. The average Bonchev–Trinajstić information content (AvgIpc) is 3.40. The first-order chi connectivity index (χ1) is 20.0. The Labute approximate surface area is 243 Å². The number of hydrogen-bond donors (Lipinski definition) is 0. The lowest BCUT2D eigenvalue weighted by atomic mass is 9.89. The minimum absolute atomic E-state index is 0.0995. The number of hydrogen-bond acceptors (Lipinski definition) is 8. The number of halogens is 1. The zero-order valence-corrected chi connectivity index (χ0v) is 24.5. The number of allylic oxidation sites excluding steroid dienone is 1. The molecule has 2 fully saturated rings. The van der Waals surface area contributed by atoms with Gasteiger partial charge in [0.25, 0.3) is 0 Å². The van der Waals surface area contributed by atoms with E-state index >= 15 is 0 Å². The van der Waals surface area contributed by atoms with E-state index in [2.05, 4.69) is 46.0 Å². The number of aromatic nitrogens is 2. The van der Waals surface area contributed by atoms with Crippen LogP contribution in [-0.2, 0) is 25.8 Å². The van der Waals surface area contributed by atoms with Gasteiger partial charge in [-0.25, -0.2) is 4.39 Å². The van der Waals surface area contributed by atoms with E-state index < -0.39 is 0 Å². The maximum absolute atomic E-state index is 13.8. The fraction of sp³-hybridized carbons (Fsp3) is 0.594. The van der Waals surface area contributed by atoms with Gasteiger partial charge in [0.05, 0.1) is 30.8 Å². The van der Waals surface area contributed by atoms with Crippen molar-refractivity contribution in [2.45, 2.75) is 76.9 Å². The van der Waals surface area contributed by atoms with E-state index in [1.807, 2.05) is 4.90 Å². The first kappa shape index (κ1) is 27.8. The number of fused-ring (bicyclic) bond motifs is 2. The van der Waals surface area contributed by atoms with Crippen LogP contribution < -0.4 is 14.5 Å². The van der Waals surface area contributed by atoms with Gasteiger partial charge in [-0.15, -0.1) is 0 Å². The Hall–Kier alpha value is -3.38. The maximum atomic E-state index is 13.8. The molecular weight excluding hydrogens is 517 g/mol. The van der Waals surface area contributed by atoms with E-state index in [1.54, 1.807) is 6.20 Å². The summed E-state index contributed by atoms with van der Waals surface area (Å²) in [6, 6.07) is 9.79. The van der Waals surface area contributed by atoms with E-state index in [-0.39, 0.29) is 11.9 Å². The molecule has 9 heteroatoms. The molecule has 1 aliphatic carbocycles. The molecule has 2 aromatic rings. The Morgan fingerprint density at radius 2 is 1.93 bits per heavy atom. The lowest BCUT2D eigenvalue weighted by Crippen LogP contribution is -2.51. The molecule has 41 heavy (non-hydrogen) atoms. The van der Waals surface area contributed by atoms with Gasteiger partial charge in [-0.05, 0) is 82.7 Å². The first-order valence-electron chi connectivity index (χ1n) is 15.3. The summed E-state index contributed by atoms with van der Waals surface area (Å²) < 4.78 is 20.1. The molecule has 4 aliphatic rings. The van der Waals surface area contributed by atoms with Crippen molar-refractivity contribution in [3.63, 3.8) is 0 Å². The molecule has 0 unspecified atom stereocenters. The lowest BCUT2D eigenvalue weighted by Gasteiger charge is -2.42. The van der Waals surface area contributed by atoms with Crippen LogP contribution in [0.3, 0.4) is 0 Å². The van der Waals surface area contributed by atoms with E-state index in [0.29, 0.717) is 44.7 Å². The number of ether oxygens (including phenoxy) is 1. The van der Waals surface area contributed by atoms with Crippen LogP contribution in [0.1, 0.15) is 61.4 Å². The monoisotopic (exact) mass is 559 g/mol. The molecule has 0 amide bonds. The van der Waals surface area contributed by atoms with Crippen LogP contribution in [0.15, 0.2) is 30.2 Å². The fourth-order valence-corrected chi connectivity index (χ4v) is 7.09. The molecule has 6 rings (SSSR count). The zero-order valence-electron chi connectivity index (χ0n) is 24.5. The Morgan fingerprint density at radius 3 is 2.73 bits per heavy atom. The summed E-state index contributed by atoms with van der Waals surface area (Å²) in [5.74, 6) is 0.680. The van der Waals surface area contributed by atoms with Crippen LogP contribution in [0.25, 0.3) is 0 Å². The highest BCUT2D eigenvalue weighted by molar-refractivity contribution is 5.61. The Morgan fingerprint density at radius 1 is 1.05 bits per heavy atom. The van der Waals surface area contributed by atoms with Crippen LogP contribution >= 0.6 is 0 Å². The molecule has 0 saturated carbocycles. The third-order valence-corrected chi connectivity index (χ3v) is 9.31. The number of piperazine rings is 1. The molecule has 1 aromatic carbocycles. The number of nitrogens with zero attached hydrogens (tertiary/aromatic N) is 7. The quantitative estimate of drug-likeness (QED) is 0.487. The molecule has 0 spiro atoms. The summed E-state index contributed by atoms with van der Waals surface area (Å²) in [7, 11) is 2.15. The molecule has 1 aromatic heterocycles. The van der Waals surface area contributed by atoms with Gasteiger partial charge in [0.15, 0.2) is 0 Å². The first-order valence-corrected chi connectivity index (χ1v) is 15.3. The zero-order chi connectivity index (χ0) is 28.3. The van der Waals surface area contributed by atoms with Crippen LogP contribution in [0.4, 0.5) is 15.9 Å². The van der Waals surface area contributed by atoms with Gasteiger partial charge in [0.2, 0.25) is 0 Å². The Kier molecular flexibility index (Phi) is 8.29. The third kappa shape index (κ3) is 5.99. The third-order valence-electron chi connectivity index (χ3n) is 9.31.